The molecule has 7 heteroatoms. The van der Waals surface area contributed by atoms with Crippen molar-refractivity contribution in [1.82, 2.24) is 29.4 Å². The molecule has 148 valence electrons. The van der Waals surface area contributed by atoms with Gasteiger partial charge in [-0.25, -0.2) is 0 Å². The Hall–Kier alpha value is -3.19. The van der Waals surface area contributed by atoms with E-state index in [0.29, 0.717) is 12.2 Å². The first-order valence-electron chi connectivity index (χ1n) is 10.0. The van der Waals surface area contributed by atoms with Crippen molar-refractivity contribution in [1.29, 1.82) is 0 Å². The van der Waals surface area contributed by atoms with Crippen molar-refractivity contribution in [2.24, 2.45) is 0 Å². The molecule has 0 atom stereocenters. The van der Waals surface area contributed by atoms with Gasteiger partial charge >= 0.3 is 0 Å². The number of carbonyl (C=O) groups is 1. The molecule has 0 spiro atoms. The van der Waals surface area contributed by atoms with E-state index >= 15 is 0 Å². The van der Waals surface area contributed by atoms with E-state index in [1.54, 1.807) is 7.05 Å². The van der Waals surface area contributed by atoms with Crippen LogP contribution in [0.4, 0.5) is 0 Å². The minimum Gasteiger partial charge on any atom is -0.354 e. The SMILES string of the molecule is CNC(=O)c1cc2c(ccc3nnc(C)n32)n1Cc1cccc(CN2CCC2)c1. The second-order valence-corrected chi connectivity index (χ2v) is 7.69. The van der Waals surface area contributed by atoms with E-state index in [1.807, 2.05) is 29.5 Å². The van der Waals surface area contributed by atoms with Crippen LogP contribution in [-0.4, -0.2) is 50.1 Å². The molecule has 5 rings (SSSR count). The molecule has 29 heavy (non-hydrogen) atoms. The molecule has 0 bridgehead atoms. The summed E-state index contributed by atoms with van der Waals surface area (Å²) in [4.78, 5) is 15.1. The van der Waals surface area contributed by atoms with Gasteiger partial charge in [0.2, 0.25) is 0 Å². The Morgan fingerprint density at radius 2 is 1.83 bits per heavy atom. The van der Waals surface area contributed by atoms with Crippen LogP contribution in [0.3, 0.4) is 0 Å². The van der Waals surface area contributed by atoms with Crippen LogP contribution in [0.15, 0.2) is 42.5 Å². The van der Waals surface area contributed by atoms with E-state index in [-0.39, 0.29) is 5.91 Å². The van der Waals surface area contributed by atoms with Crippen LogP contribution in [0, 0.1) is 6.92 Å². The maximum absolute atomic E-state index is 12.6. The predicted octanol–water partition coefficient (Wildman–Crippen LogP) is 2.61. The summed E-state index contributed by atoms with van der Waals surface area (Å²) in [5.41, 5.74) is 5.86. The number of pyridine rings is 1. The largest absolute Gasteiger partial charge is 0.354 e. The van der Waals surface area contributed by atoms with E-state index in [9.17, 15) is 4.79 Å². The number of nitrogens with one attached hydrogen (secondary N) is 1. The molecule has 1 fully saturated rings. The third-order valence-corrected chi connectivity index (χ3v) is 5.75. The summed E-state index contributed by atoms with van der Waals surface area (Å²) in [5.74, 6) is 0.708. The highest BCUT2D eigenvalue weighted by molar-refractivity contribution is 5.98. The van der Waals surface area contributed by atoms with Gasteiger partial charge in [0, 0.05) is 20.1 Å². The standard InChI is InChI=1S/C22H24N6O/c1-15-24-25-21-8-7-18-19(28(15)21)12-20(22(29)23-2)27(18)14-17-6-3-5-16(11-17)13-26-9-4-10-26/h3,5-8,11-12H,4,9-10,13-14H2,1-2H3,(H,23,29). The van der Waals surface area contributed by atoms with Crippen molar-refractivity contribution >= 4 is 22.6 Å². The molecule has 1 N–H and O–H groups in total. The molecule has 0 saturated carbocycles. The number of aromatic nitrogens is 4. The van der Waals surface area contributed by atoms with Crippen molar-refractivity contribution in [3.8, 4) is 0 Å². The number of benzene rings is 1. The van der Waals surface area contributed by atoms with Crippen LogP contribution in [0.5, 0.6) is 0 Å². The Morgan fingerprint density at radius 1 is 1.03 bits per heavy atom. The maximum atomic E-state index is 12.6. The Morgan fingerprint density at radius 3 is 2.55 bits per heavy atom. The minimum absolute atomic E-state index is 0.100. The van der Waals surface area contributed by atoms with E-state index < -0.39 is 0 Å². The Labute approximate surface area is 169 Å². The van der Waals surface area contributed by atoms with Gasteiger partial charge in [0.05, 0.1) is 11.0 Å². The van der Waals surface area contributed by atoms with Crippen molar-refractivity contribution in [2.45, 2.75) is 26.4 Å². The monoisotopic (exact) mass is 388 g/mol. The van der Waals surface area contributed by atoms with E-state index in [1.165, 1.54) is 30.6 Å². The maximum Gasteiger partial charge on any atom is 0.267 e. The Bertz CT molecular complexity index is 1220. The minimum atomic E-state index is -0.100. The molecule has 4 heterocycles. The molecule has 1 amide bonds. The molecule has 0 radical (unpaired) electrons. The molecular weight excluding hydrogens is 364 g/mol. The van der Waals surface area contributed by atoms with Crippen molar-refractivity contribution in [2.75, 3.05) is 20.1 Å². The summed E-state index contributed by atoms with van der Waals surface area (Å²) in [6, 6.07) is 14.6. The number of carbonyl (C=O) groups excluding carboxylic acids is 1. The summed E-state index contributed by atoms with van der Waals surface area (Å²) in [7, 11) is 1.66. The summed E-state index contributed by atoms with van der Waals surface area (Å²) in [5, 5.41) is 11.2. The quantitative estimate of drug-likeness (QED) is 0.571. The van der Waals surface area contributed by atoms with E-state index in [2.05, 4.69) is 49.2 Å². The van der Waals surface area contributed by atoms with E-state index in [0.717, 1.165) is 29.0 Å². The van der Waals surface area contributed by atoms with Gasteiger partial charge in [0.25, 0.3) is 5.91 Å². The van der Waals surface area contributed by atoms with Crippen LogP contribution in [0.1, 0.15) is 33.9 Å². The molecule has 1 aliphatic heterocycles. The number of rotatable bonds is 5. The molecule has 4 aromatic rings. The fourth-order valence-electron chi connectivity index (χ4n) is 4.14. The van der Waals surface area contributed by atoms with Crippen LogP contribution >= 0.6 is 0 Å². The number of likely N-dealkylation sites (tertiary alicyclic amines) is 1. The zero-order valence-electron chi connectivity index (χ0n) is 16.7. The average molecular weight is 388 g/mol. The first-order chi connectivity index (χ1) is 14.1. The second kappa shape index (κ2) is 7.00. The topological polar surface area (TPSA) is 67.5 Å². The van der Waals surface area contributed by atoms with Gasteiger partial charge in [-0.05, 0) is 55.8 Å². The number of amides is 1. The summed E-state index contributed by atoms with van der Waals surface area (Å²) >= 11 is 0. The highest BCUT2D eigenvalue weighted by Gasteiger charge is 2.19. The number of hydrogen-bond acceptors (Lipinski definition) is 4. The highest BCUT2D eigenvalue weighted by atomic mass is 16.1. The smallest absolute Gasteiger partial charge is 0.267 e. The molecule has 1 saturated heterocycles. The van der Waals surface area contributed by atoms with Crippen LogP contribution < -0.4 is 5.32 Å². The number of hydrogen-bond donors (Lipinski definition) is 1. The Kier molecular flexibility index (Phi) is 4.32. The zero-order chi connectivity index (χ0) is 20.0. The lowest BCUT2D eigenvalue weighted by Gasteiger charge is -2.30. The fraction of sp³-hybridized carbons (Fsp3) is 0.318. The zero-order valence-corrected chi connectivity index (χ0v) is 16.7. The first kappa shape index (κ1) is 17.9. The van der Waals surface area contributed by atoms with Gasteiger partial charge < -0.3 is 9.88 Å². The second-order valence-electron chi connectivity index (χ2n) is 7.69. The molecule has 7 nitrogen and oxygen atoms in total. The van der Waals surface area contributed by atoms with Crippen LogP contribution in [0.2, 0.25) is 0 Å². The lowest BCUT2D eigenvalue weighted by Crippen LogP contribution is -2.36. The lowest BCUT2D eigenvalue weighted by atomic mass is 10.1. The van der Waals surface area contributed by atoms with Crippen molar-refractivity contribution in [3.63, 3.8) is 0 Å². The van der Waals surface area contributed by atoms with Crippen LogP contribution in [0.25, 0.3) is 16.7 Å². The first-order valence-corrected chi connectivity index (χ1v) is 10.0. The fourth-order valence-corrected chi connectivity index (χ4v) is 4.14. The molecule has 0 unspecified atom stereocenters. The van der Waals surface area contributed by atoms with Crippen molar-refractivity contribution in [3.05, 3.63) is 65.1 Å². The predicted molar refractivity (Wildman–Crippen MR) is 112 cm³/mol. The summed E-state index contributed by atoms with van der Waals surface area (Å²) in [6.45, 7) is 5.91. The normalized spacial score (nSPS) is 14.4. The molecule has 1 aliphatic rings. The third kappa shape index (κ3) is 3.07. The van der Waals surface area contributed by atoms with Gasteiger partial charge in [0.1, 0.15) is 11.5 Å². The van der Waals surface area contributed by atoms with Gasteiger partial charge in [-0.2, -0.15) is 0 Å². The van der Waals surface area contributed by atoms with Gasteiger partial charge in [-0.1, -0.05) is 24.3 Å². The summed E-state index contributed by atoms with van der Waals surface area (Å²) < 4.78 is 4.08. The third-order valence-electron chi connectivity index (χ3n) is 5.75. The number of aryl methyl sites for hydroxylation is 1. The number of nitrogens with zero attached hydrogens (tertiary/aromatic N) is 5. The van der Waals surface area contributed by atoms with Gasteiger partial charge in [-0.15, -0.1) is 10.2 Å². The van der Waals surface area contributed by atoms with Crippen LogP contribution in [-0.2, 0) is 13.1 Å². The summed E-state index contributed by atoms with van der Waals surface area (Å²) in [6.07, 6.45) is 1.29. The molecular formula is C22H24N6O. The van der Waals surface area contributed by atoms with Gasteiger partial charge in [0.15, 0.2) is 5.65 Å². The van der Waals surface area contributed by atoms with E-state index in [4.69, 9.17) is 0 Å². The molecule has 3 aromatic heterocycles. The Balaban J connectivity index is 1.59. The van der Waals surface area contributed by atoms with Crippen molar-refractivity contribution < 1.29 is 4.79 Å². The number of fused-ring (bicyclic) bond motifs is 3. The average Bonchev–Trinajstić information content (AvgIpc) is 3.25. The molecule has 0 aliphatic carbocycles. The molecule has 1 aromatic carbocycles. The highest BCUT2D eigenvalue weighted by Crippen LogP contribution is 2.24. The van der Waals surface area contributed by atoms with Gasteiger partial charge in [-0.3, -0.25) is 14.1 Å². The lowest BCUT2D eigenvalue weighted by molar-refractivity contribution is 0.0955.